The number of carbonyl (C=O) groups is 2. The van der Waals surface area contributed by atoms with Crippen molar-refractivity contribution in [3.63, 3.8) is 0 Å². The number of ketones is 1. The lowest BCUT2D eigenvalue weighted by Gasteiger charge is -2.08. The molecular weight excluding hydrogens is 328 g/mol. The van der Waals surface area contributed by atoms with Crippen LogP contribution in [-0.2, 0) is 6.42 Å². The van der Waals surface area contributed by atoms with Gasteiger partial charge in [0.1, 0.15) is 0 Å². The van der Waals surface area contributed by atoms with E-state index in [2.05, 4.69) is 0 Å². The molecule has 136 valence electrons. The van der Waals surface area contributed by atoms with E-state index in [4.69, 9.17) is 5.11 Å². The van der Waals surface area contributed by atoms with Gasteiger partial charge in [-0.1, -0.05) is 55.3 Å². The Labute approximate surface area is 153 Å². The number of allylic oxidation sites excluding steroid dienone is 1. The van der Waals surface area contributed by atoms with Gasteiger partial charge < -0.3 is 10.2 Å². The minimum absolute atomic E-state index is 0.0817. The van der Waals surface area contributed by atoms with Crippen LogP contribution in [0.5, 0.6) is 0 Å². The summed E-state index contributed by atoms with van der Waals surface area (Å²) in [5, 5.41) is 18.0. The van der Waals surface area contributed by atoms with Gasteiger partial charge in [0, 0.05) is 12.2 Å². The fraction of sp³-hybridized carbons (Fsp3) is 0.273. The van der Waals surface area contributed by atoms with Gasteiger partial charge >= 0.3 is 5.97 Å². The minimum Gasteiger partial charge on any atom is -0.478 e. The van der Waals surface area contributed by atoms with Crippen LogP contribution in [0.25, 0.3) is 6.08 Å². The zero-order chi connectivity index (χ0) is 18.8. The number of hydrogen-bond acceptors (Lipinski definition) is 3. The molecule has 0 saturated heterocycles. The lowest BCUT2D eigenvalue weighted by Crippen LogP contribution is -2.00. The Morgan fingerprint density at radius 2 is 1.62 bits per heavy atom. The van der Waals surface area contributed by atoms with Gasteiger partial charge in [-0.05, 0) is 48.6 Å². The molecule has 4 nitrogen and oxygen atoms in total. The summed E-state index contributed by atoms with van der Waals surface area (Å²) in [6, 6.07) is 14.0. The predicted octanol–water partition coefficient (Wildman–Crippen LogP) is 4.38. The second-order valence-electron chi connectivity index (χ2n) is 6.17. The monoisotopic (exact) mass is 352 g/mol. The minimum atomic E-state index is -0.956. The first-order chi connectivity index (χ1) is 12.6. The fourth-order valence-electron chi connectivity index (χ4n) is 2.76. The number of carboxylic acids is 1. The molecule has 0 aliphatic heterocycles. The maximum atomic E-state index is 12.2. The van der Waals surface area contributed by atoms with Gasteiger partial charge in [0.25, 0.3) is 0 Å². The van der Waals surface area contributed by atoms with Crippen molar-refractivity contribution in [3.8, 4) is 0 Å². The molecule has 4 heteroatoms. The van der Waals surface area contributed by atoms with E-state index in [1.165, 1.54) is 6.08 Å². The SMILES string of the molecule is O=C(O)c1ccc(/C=C/C(=O)c2ccccc2)c(CCCCCCO)c1. The number of aryl methyl sites for hydroxylation is 1. The van der Waals surface area contributed by atoms with Crippen LogP contribution < -0.4 is 0 Å². The standard InChI is InChI=1S/C22H24O4/c23-15-7-2-1-4-10-19-16-20(22(25)26)12-11-17(19)13-14-21(24)18-8-5-3-6-9-18/h3,5-6,8-9,11-14,16,23H,1-2,4,7,10,15H2,(H,25,26)/b14-13+. The fourth-order valence-corrected chi connectivity index (χ4v) is 2.76. The first-order valence-electron chi connectivity index (χ1n) is 8.86. The second kappa shape index (κ2) is 10.3. The van der Waals surface area contributed by atoms with Gasteiger partial charge in [0.05, 0.1) is 5.56 Å². The summed E-state index contributed by atoms with van der Waals surface area (Å²) in [6.07, 6.45) is 7.65. The molecule has 2 N–H and O–H groups in total. The maximum Gasteiger partial charge on any atom is 0.335 e. The highest BCUT2D eigenvalue weighted by molar-refractivity contribution is 6.06. The van der Waals surface area contributed by atoms with E-state index in [1.807, 2.05) is 18.2 Å². The van der Waals surface area contributed by atoms with Crippen LogP contribution in [0.4, 0.5) is 0 Å². The molecule has 0 aliphatic carbocycles. The van der Waals surface area contributed by atoms with Crippen molar-refractivity contribution in [2.45, 2.75) is 32.1 Å². The quantitative estimate of drug-likeness (QED) is 0.378. The number of unbranched alkanes of at least 4 members (excludes halogenated alkanes) is 3. The molecule has 0 spiro atoms. The highest BCUT2D eigenvalue weighted by Gasteiger charge is 2.08. The van der Waals surface area contributed by atoms with Crippen LogP contribution in [0.2, 0.25) is 0 Å². The van der Waals surface area contributed by atoms with E-state index in [0.717, 1.165) is 43.2 Å². The Kier molecular flexibility index (Phi) is 7.77. The van der Waals surface area contributed by atoms with Crippen molar-refractivity contribution in [2.24, 2.45) is 0 Å². The molecule has 2 aromatic rings. The van der Waals surface area contributed by atoms with Crippen molar-refractivity contribution in [1.82, 2.24) is 0 Å². The Morgan fingerprint density at radius 1 is 0.885 bits per heavy atom. The molecule has 26 heavy (non-hydrogen) atoms. The number of rotatable bonds is 10. The third-order valence-electron chi connectivity index (χ3n) is 4.22. The van der Waals surface area contributed by atoms with E-state index in [1.54, 1.807) is 36.4 Å². The Bertz CT molecular complexity index is 763. The lowest BCUT2D eigenvalue weighted by molar-refractivity contribution is 0.0696. The largest absolute Gasteiger partial charge is 0.478 e. The van der Waals surface area contributed by atoms with E-state index >= 15 is 0 Å². The lowest BCUT2D eigenvalue weighted by atomic mass is 9.97. The topological polar surface area (TPSA) is 74.6 Å². The molecule has 0 unspecified atom stereocenters. The third-order valence-corrected chi connectivity index (χ3v) is 4.22. The van der Waals surface area contributed by atoms with Gasteiger partial charge in [-0.25, -0.2) is 4.79 Å². The number of aliphatic hydroxyl groups excluding tert-OH is 1. The molecule has 0 heterocycles. The molecule has 2 aromatic carbocycles. The molecule has 0 amide bonds. The van der Waals surface area contributed by atoms with Crippen LogP contribution in [-0.4, -0.2) is 28.6 Å². The van der Waals surface area contributed by atoms with Crippen molar-refractivity contribution in [2.75, 3.05) is 6.61 Å². The molecule has 2 rings (SSSR count). The van der Waals surface area contributed by atoms with Crippen molar-refractivity contribution in [3.05, 3.63) is 76.9 Å². The third kappa shape index (κ3) is 5.97. The van der Waals surface area contributed by atoms with Crippen LogP contribution in [0.1, 0.15) is 57.5 Å². The molecule has 0 radical (unpaired) electrons. The molecule has 0 atom stereocenters. The Balaban J connectivity index is 2.13. The van der Waals surface area contributed by atoms with E-state index in [9.17, 15) is 14.7 Å². The molecule has 0 saturated carbocycles. The number of carboxylic acid groups (broad SMARTS) is 1. The van der Waals surface area contributed by atoms with Gasteiger partial charge in [-0.3, -0.25) is 4.79 Å². The zero-order valence-corrected chi connectivity index (χ0v) is 14.7. The summed E-state index contributed by atoms with van der Waals surface area (Å²) >= 11 is 0. The maximum absolute atomic E-state index is 12.2. The van der Waals surface area contributed by atoms with Gasteiger partial charge in [0.2, 0.25) is 0 Å². The first kappa shape index (κ1) is 19.6. The zero-order valence-electron chi connectivity index (χ0n) is 14.7. The van der Waals surface area contributed by atoms with Crippen LogP contribution >= 0.6 is 0 Å². The van der Waals surface area contributed by atoms with Crippen molar-refractivity contribution >= 4 is 17.8 Å². The van der Waals surface area contributed by atoms with Crippen molar-refractivity contribution < 1.29 is 19.8 Å². The number of carbonyl (C=O) groups excluding carboxylic acids is 1. The molecule has 0 fully saturated rings. The smallest absolute Gasteiger partial charge is 0.335 e. The molecular formula is C22H24O4. The normalized spacial score (nSPS) is 11.0. The van der Waals surface area contributed by atoms with Crippen molar-refractivity contribution in [1.29, 1.82) is 0 Å². The predicted molar refractivity (Wildman–Crippen MR) is 102 cm³/mol. The van der Waals surface area contributed by atoms with Crippen LogP contribution in [0, 0.1) is 0 Å². The van der Waals surface area contributed by atoms with E-state index in [-0.39, 0.29) is 18.0 Å². The number of aromatic carboxylic acids is 1. The number of hydrogen-bond donors (Lipinski definition) is 2. The summed E-state index contributed by atoms with van der Waals surface area (Å²) in [5.41, 5.74) is 2.66. The van der Waals surface area contributed by atoms with E-state index < -0.39 is 5.97 Å². The second-order valence-corrected chi connectivity index (χ2v) is 6.17. The summed E-state index contributed by atoms with van der Waals surface area (Å²) in [7, 11) is 0. The summed E-state index contributed by atoms with van der Waals surface area (Å²) in [4.78, 5) is 23.5. The van der Waals surface area contributed by atoms with Crippen LogP contribution in [0.3, 0.4) is 0 Å². The summed E-state index contributed by atoms with van der Waals surface area (Å²) < 4.78 is 0. The number of aliphatic hydroxyl groups is 1. The average Bonchev–Trinajstić information content (AvgIpc) is 2.67. The summed E-state index contributed by atoms with van der Waals surface area (Å²) in [6.45, 7) is 0.198. The van der Waals surface area contributed by atoms with Gasteiger partial charge in [-0.2, -0.15) is 0 Å². The van der Waals surface area contributed by atoms with Crippen LogP contribution in [0.15, 0.2) is 54.6 Å². The molecule has 0 aromatic heterocycles. The highest BCUT2D eigenvalue weighted by Crippen LogP contribution is 2.18. The van der Waals surface area contributed by atoms with E-state index in [0.29, 0.717) is 5.56 Å². The molecule has 0 bridgehead atoms. The average molecular weight is 352 g/mol. The Morgan fingerprint density at radius 3 is 2.31 bits per heavy atom. The summed E-state index contributed by atoms with van der Waals surface area (Å²) in [5.74, 6) is -1.04. The van der Waals surface area contributed by atoms with Gasteiger partial charge in [0.15, 0.2) is 5.78 Å². The number of benzene rings is 2. The Hall–Kier alpha value is -2.72. The first-order valence-corrected chi connectivity index (χ1v) is 8.86. The highest BCUT2D eigenvalue weighted by atomic mass is 16.4. The van der Waals surface area contributed by atoms with Gasteiger partial charge in [-0.15, -0.1) is 0 Å². The molecule has 0 aliphatic rings.